The van der Waals surface area contributed by atoms with E-state index in [4.69, 9.17) is 5.73 Å². The van der Waals surface area contributed by atoms with Crippen LogP contribution in [0.15, 0.2) is 29.6 Å². The third kappa shape index (κ3) is 4.05. The van der Waals surface area contributed by atoms with Gasteiger partial charge in [-0.2, -0.15) is 0 Å². The molecule has 0 bridgehead atoms. The number of carbonyl (C=O) groups is 2. The van der Waals surface area contributed by atoms with Crippen LogP contribution in [-0.2, 0) is 6.54 Å². The minimum absolute atomic E-state index is 0.0529. The van der Waals surface area contributed by atoms with Gasteiger partial charge in [-0.15, -0.1) is 11.3 Å². The van der Waals surface area contributed by atoms with Crippen LogP contribution in [0.3, 0.4) is 0 Å². The van der Waals surface area contributed by atoms with Crippen molar-refractivity contribution >= 4 is 28.8 Å². The fraction of sp³-hybridized carbons (Fsp3) is 0.389. The largest absolute Gasteiger partial charge is 0.336 e. The highest BCUT2D eigenvalue weighted by atomic mass is 32.1. The van der Waals surface area contributed by atoms with Crippen molar-refractivity contribution in [1.82, 2.24) is 9.88 Å². The summed E-state index contributed by atoms with van der Waals surface area (Å²) in [7, 11) is 0. The van der Waals surface area contributed by atoms with Gasteiger partial charge in [0, 0.05) is 35.8 Å². The third-order valence-corrected chi connectivity index (χ3v) is 5.28. The number of likely N-dealkylation sites (tertiary alicyclic amines) is 1. The molecule has 1 aromatic carbocycles. The molecule has 1 atom stereocenters. The van der Waals surface area contributed by atoms with Crippen LogP contribution in [0.2, 0.25) is 0 Å². The first-order valence-corrected chi connectivity index (χ1v) is 9.33. The lowest BCUT2D eigenvalue weighted by Crippen LogP contribution is -2.42. The molecule has 3 N–H and O–H groups in total. The summed E-state index contributed by atoms with van der Waals surface area (Å²) in [5.41, 5.74) is 7.15. The van der Waals surface area contributed by atoms with E-state index in [1.807, 2.05) is 4.90 Å². The van der Waals surface area contributed by atoms with Gasteiger partial charge in [0.15, 0.2) is 0 Å². The molecule has 2 aromatic rings. The summed E-state index contributed by atoms with van der Waals surface area (Å²) in [6.45, 7) is 3.23. The summed E-state index contributed by atoms with van der Waals surface area (Å²) in [6, 6.07) is 7.28. The lowest BCUT2D eigenvalue weighted by molar-refractivity contribution is 0.0635. The van der Waals surface area contributed by atoms with Gasteiger partial charge in [0.25, 0.3) is 11.8 Å². The van der Waals surface area contributed by atoms with Crippen molar-refractivity contribution in [1.29, 1.82) is 0 Å². The fourth-order valence-electron chi connectivity index (χ4n) is 2.97. The number of nitrogens with zero attached hydrogens (tertiary/aromatic N) is 2. The lowest BCUT2D eigenvalue weighted by Gasteiger charge is -2.33. The molecule has 1 aliphatic rings. The van der Waals surface area contributed by atoms with Crippen molar-refractivity contribution < 1.29 is 9.59 Å². The van der Waals surface area contributed by atoms with Gasteiger partial charge in [0.2, 0.25) is 0 Å². The Morgan fingerprint density at radius 3 is 2.72 bits per heavy atom. The van der Waals surface area contributed by atoms with E-state index in [1.165, 1.54) is 17.8 Å². The Morgan fingerprint density at radius 1 is 1.32 bits per heavy atom. The Hall–Kier alpha value is -2.25. The molecule has 25 heavy (non-hydrogen) atoms. The monoisotopic (exact) mass is 358 g/mol. The van der Waals surface area contributed by atoms with Crippen LogP contribution in [0, 0.1) is 0 Å². The smallest absolute Gasteiger partial charge is 0.275 e. The van der Waals surface area contributed by atoms with E-state index < -0.39 is 0 Å². The van der Waals surface area contributed by atoms with E-state index in [2.05, 4.69) is 17.2 Å². The number of nitrogens with two attached hydrogens (primary N) is 1. The fourth-order valence-corrected chi connectivity index (χ4v) is 3.62. The van der Waals surface area contributed by atoms with Gasteiger partial charge in [-0.25, -0.2) is 4.98 Å². The van der Waals surface area contributed by atoms with E-state index >= 15 is 0 Å². The maximum atomic E-state index is 12.6. The Balaban J connectivity index is 1.65. The number of hydrogen-bond donors (Lipinski definition) is 2. The predicted molar refractivity (Wildman–Crippen MR) is 98.8 cm³/mol. The quantitative estimate of drug-likeness (QED) is 0.879. The van der Waals surface area contributed by atoms with Crippen molar-refractivity contribution in [3.05, 3.63) is 45.9 Å². The summed E-state index contributed by atoms with van der Waals surface area (Å²) in [6.07, 6.45) is 3.29. The summed E-state index contributed by atoms with van der Waals surface area (Å²) >= 11 is 1.36. The van der Waals surface area contributed by atoms with Crippen LogP contribution in [0.5, 0.6) is 0 Å². The second-order valence-electron chi connectivity index (χ2n) is 6.21. The van der Waals surface area contributed by atoms with E-state index in [0.29, 0.717) is 23.5 Å². The van der Waals surface area contributed by atoms with Crippen LogP contribution in [0.4, 0.5) is 5.69 Å². The zero-order valence-corrected chi connectivity index (χ0v) is 15.0. The van der Waals surface area contributed by atoms with Crippen molar-refractivity contribution in [2.45, 2.75) is 38.8 Å². The van der Waals surface area contributed by atoms with Gasteiger partial charge in [-0.1, -0.05) is 0 Å². The second-order valence-corrected chi connectivity index (χ2v) is 7.15. The number of piperidine rings is 1. The van der Waals surface area contributed by atoms with Crippen LogP contribution in [-0.4, -0.2) is 34.3 Å². The molecule has 3 rings (SSSR count). The normalized spacial score (nSPS) is 17.4. The number of anilines is 1. The van der Waals surface area contributed by atoms with Crippen LogP contribution >= 0.6 is 11.3 Å². The molecule has 0 saturated carbocycles. The molecule has 0 aliphatic carbocycles. The van der Waals surface area contributed by atoms with E-state index in [1.54, 1.807) is 29.6 Å². The average molecular weight is 358 g/mol. The standard InChI is InChI=1S/C18H22N4O2S/c1-12-4-2-3-9-22(12)18(24)13-5-7-14(8-6-13)20-17(23)15-11-25-16(10-19)21-15/h5-8,11-12H,2-4,9-10,19H2,1H3,(H,20,23). The summed E-state index contributed by atoms with van der Waals surface area (Å²) < 4.78 is 0. The molecule has 1 fully saturated rings. The van der Waals surface area contributed by atoms with Crippen LogP contribution < -0.4 is 11.1 Å². The summed E-state index contributed by atoms with van der Waals surface area (Å²) in [5.74, 6) is -0.225. The highest BCUT2D eigenvalue weighted by molar-refractivity contribution is 7.09. The number of benzene rings is 1. The molecular formula is C18H22N4O2S. The number of amides is 2. The Kier molecular flexibility index (Phi) is 5.45. The first kappa shape index (κ1) is 17.6. The first-order chi connectivity index (χ1) is 12.1. The number of nitrogens with one attached hydrogen (secondary N) is 1. The maximum Gasteiger partial charge on any atom is 0.275 e. The minimum atomic E-state index is -0.278. The number of rotatable bonds is 4. The molecule has 1 saturated heterocycles. The highest BCUT2D eigenvalue weighted by Gasteiger charge is 2.24. The molecule has 0 radical (unpaired) electrons. The Bertz CT molecular complexity index is 757. The molecule has 1 unspecified atom stereocenters. The van der Waals surface area contributed by atoms with Crippen LogP contribution in [0.1, 0.15) is 52.0 Å². The molecule has 2 heterocycles. The third-order valence-electron chi connectivity index (χ3n) is 4.41. The van der Waals surface area contributed by atoms with E-state index in [-0.39, 0.29) is 17.9 Å². The molecule has 0 spiro atoms. The zero-order chi connectivity index (χ0) is 17.8. The molecule has 1 aliphatic heterocycles. The molecular weight excluding hydrogens is 336 g/mol. The Morgan fingerprint density at radius 2 is 2.08 bits per heavy atom. The van der Waals surface area contributed by atoms with Gasteiger partial charge in [-0.3, -0.25) is 9.59 Å². The van der Waals surface area contributed by atoms with Crippen LogP contribution in [0.25, 0.3) is 0 Å². The van der Waals surface area contributed by atoms with Crippen molar-refractivity contribution in [3.8, 4) is 0 Å². The molecule has 132 valence electrons. The topological polar surface area (TPSA) is 88.3 Å². The predicted octanol–water partition coefficient (Wildman–Crippen LogP) is 2.87. The van der Waals surface area contributed by atoms with Gasteiger partial charge >= 0.3 is 0 Å². The van der Waals surface area contributed by atoms with E-state index in [9.17, 15) is 9.59 Å². The lowest BCUT2D eigenvalue weighted by atomic mass is 10.0. The molecule has 6 nitrogen and oxygen atoms in total. The average Bonchev–Trinajstić information content (AvgIpc) is 3.11. The second kappa shape index (κ2) is 7.76. The van der Waals surface area contributed by atoms with Gasteiger partial charge in [-0.05, 0) is 50.5 Å². The van der Waals surface area contributed by atoms with E-state index in [0.717, 1.165) is 24.4 Å². The SMILES string of the molecule is CC1CCCCN1C(=O)c1ccc(NC(=O)c2csc(CN)n2)cc1. The summed E-state index contributed by atoms with van der Waals surface area (Å²) in [4.78, 5) is 30.9. The maximum absolute atomic E-state index is 12.6. The first-order valence-electron chi connectivity index (χ1n) is 8.45. The zero-order valence-electron chi connectivity index (χ0n) is 14.2. The van der Waals surface area contributed by atoms with Gasteiger partial charge in [0.05, 0.1) is 0 Å². The van der Waals surface area contributed by atoms with Crippen molar-refractivity contribution in [2.75, 3.05) is 11.9 Å². The number of thiazole rings is 1. The minimum Gasteiger partial charge on any atom is -0.336 e. The summed E-state index contributed by atoms with van der Waals surface area (Å²) in [5, 5.41) is 5.20. The number of aromatic nitrogens is 1. The molecule has 2 amide bonds. The number of carbonyl (C=O) groups excluding carboxylic acids is 2. The Labute approximate surface area is 151 Å². The van der Waals surface area contributed by atoms with Gasteiger partial charge in [0.1, 0.15) is 10.7 Å². The van der Waals surface area contributed by atoms with Crippen molar-refractivity contribution in [3.63, 3.8) is 0 Å². The number of hydrogen-bond acceptors (Lipinski definition) is 5. The van der Waals surface area contributed by atoms with Gasteiger partial charge < -0.3 is 16.0 Å². The van der Waals surface area contributed by atoms with Crippen molar-refractivity contribution in [2.24, 2.45) is 5.73 Å². The molecule has 1 aromatic heterocycles. The highest BCUT2D eigenvalue weighted by Crippen LogP contribution is 2.20. The molecule has 7 heteroatoms.